The molecular weight excluding hydrogens is 254 g/mol. The predicted octanol–water partition coefficient (Wildman–Crippen LogP) is 2.36. The van der Waals surface area contributed by atoms with Crippen LogP contribution in [-0.4, -0.2) is 17.6 Å². The number of nitrogens with one attached hydrogen (secondary N) is 1. The van der Waals surface area contributed by atoms with Crippen LogP contribution in [0.5, 0.6) is 0 Å². The zero-order valence-electron chi connectivity index (χ0n) is 11.6. The summed E-state index contributed by atoms with van der Waals surface area (Å²) in [5, 5.41) is 12.8. The number of hydrogen-bond acceptors (Lipinski definition) is 3. The summed E-state index contributed by atoms with van der Waals surface area (Å²) in [5.74, 6) is 0.742. The Morgan fingerprint density at radius 1 is 1.35 bits per heavy atom. The molecular formula is C15H19N3O2. The molecule has 0 fully saturated rings. The van der Waals surface area contributed by atoms with Crippen LogP contribution >= 0.6 is 0 Å². The fourth-order valence-electron chi connectivity index (χ4n) is 1.76. The van der Waals surface area contributed by atoms with E-state index in [1.54, 1.807) is 12.1 Å². The van der Waals surface area contributed by atoms with Crippen LogP contribution in [0.15, 0.2) is 46.0 Å². The van der Waals surface area contributed by atoms with Crippen LogP contribution in [0.3, 0.4) is 0 Å². The lowest BCUT2D eigenvalue weighted by Gasteiger charge is -2.09. The highest BCUT2D eigenvalue weighted by molar-refractivity contribution is 5.92. The van der Waals surface area contributed by atoms with Crippen molar-refractivity contribution in [3.63, 3.8) is 0 Å². The third-order valence-corrected chi connectivity index (χ3v) is 3.09. The monoisotopic (exact) mass is 273 g/mol. The Morgan fingerprint density at radius 2 is 2.15 bits per heavy atom. The summed E-state index contributed by atoms with van der Waals surface area (Å²) in [6.07, 6.45) is 0.726. The molecule has 0 saturated carbocycles. The molecule has 2 rings (SSSR count). The van der Waals surface area contributed by atoms with E-state index < -0.39 is 6.10 Å². The van der Waals surface area contributed by atoms with E-state index in [0.29, 0.717) is 5.76 Å². The van der Waals surface area contributed by atoms with Crippen molar-refractivity contribution in [1.82, 2.24) is 0 Å². The van der Waals surface area contributed by atoms with Crippen molar-refractivity contribution in [2.45, 2.75) is 20.0 Å². The summed E-state index contributed by atoms with van der Waals surface area (Å²) >= 11 is 0. The molecule has 0 amide bonds. The van der Waals surface area contributed by atoms with Gasteiger partial charge in [0.1, 0.15) is 11.9 Å². The average molecular weight is 273 g/mol. The quantitative estimate of drug-likeness (QED) is 0.590. The van der Waals surface area contributed by atoms with Crippen molar-refractivity contribution in [3.8, 4) is 0 Å². The maximum Gasteiger partial charge on any atom is 0.193 e. The molecule has 0 saturated heterocycles. The Labute approximate surface area is 118 Å². The lowest BCUT2D eigenvalue weighted by Crippen LogP contribution is -2.23. The van der Waals surface area contributed by atoms with Gasteiger partial charge in [-0.3, -0.25) is 0 Å². The molecule has 4 N–H and O–H groups in total. The molecule has 1 aromatic carbocycles. The van der Waals surface area contributed by atoms with Crippen LogP contribution in [0.2, 0.25) is 0 Å². The summed E-state index contributed by atoms with van der Waals surface area (Å²) in [4.78, 5) is 4.10. The molecule has 106 valence electrons. The number of furan rings is 1. The van der Waals surface area contributed by atoms with Gasteiger partial charge in [0.15, 0.2) is 5.96 Å². The number of aliphatic hydroxyl groups excluding tert-OH is 1. The fraction of sp³-hybridized carbons (Fsp3) is 0.267. The van der Waals surface area contributed by atoms with Crippen LogP contribution in [-0.2, 0) is 0 Å². The lowest BCUT2D eigenvalue weighted by molar-refractivity contribution is 0.158. The molecule has 5 nitrogen and oxygen atoms in total. The molecule has 0 aliphatic carbocycles. The van der Waals surface area contributed by atoms with Crippen LogP contribution < -0.4 is 11.1 Å². The van der Waals surface area contributed by atoms with Crippen LogP contribution in [0.4, 0.5) is 5.69 Å². The van der Waals surface area contributed by atoms with Gasteiger partial charge in [0.05, 0.1) is 12.8 Å². The van der Waals surface area contributed by atoms with Crippen molar-refractivity contribution in [2.24, 2.45) is 10.7 Å². The highest BCUT2D eigenvalue weighted by atomic mass is 16.4. The van der Waals surface area contributed by atoms with Gasteiger partial charge >= 0.3 is 0 Å². The van der Waals surface area contributed by atoms with Gasteiger partial charge in [0, 0.05) is 5.69 Å². The molecule has 20 heavy (non-hydrogen) atoms. The number of nitrogens with two attached hydrogens (primary N) is 1. The van der Waals surface area contributed by atoms with Gasteiger partial charge in [-0.1, -0.05) is 6.07 Å². The number of aryl methyl sites for hydroxylation is 2. The number of rotatable bonds is 4. The molecule has 1 heterocycles. The molecule has 0 aliphatic rings. The van der Waals surface area contributed by atoms with Crippen molar-refractivity contribution in [3.05, 3.63) is 53.5 Å². The number of nitrogens with zero attached hydrogens (tertiary/aromatic N) is 1. The zero-order chi connectivity index (χ0) is 14.5. The van der Waals surface area contributed by atoms with E-state index in [9.17, 15) is 5.11 Å². The van der Waals surface area contributed by atoms with Crippen molar-refractivity contribution >= 4 is 11.6 Å². The van der Waals surface area contributed by atoms with Gasteiger partial charge in [0.25, 0.3) is 0 Å². The molecule has 0 spiro atoms. The standard InChI is InChI=1S/C15H19N3O2/c1-10-5-6-12(8-11(10)2)18-15(16)17-9-13(19)14-4-3-7-20-14/h3-8,13,19H,9H2,1-2H3,(H3,16,17,18). The summed E-state index contributed by atoms with van der Waals surface area (Å²) in [7, 11) is 0. The van der Waals surface area contributed by atoms with E-state index in [2.05, 4.69) is 17.2 Å². The largest absolute Gasteiger partial charge is 0.467 e. The van der Waals surface area contributed by atoms with Gasteiger partial charge in [-0.2, -0.15) is 0 Å². The van der Waals surface area contributed by atoms with E-state index in [1.165, 1.54) is 17.4 Å². The Balaban J connectivity index is 1.95. The third kappa shape index (κ3) is 3.61. The molecule has 2 aromatic rings. The Kier molecular flexibility index (Phi) is 4.42. The SMILES string of the molecule is Cc1ccc(NC(N)=NCC(O)c2ccco2)cc1C. The Hall–Kier alpha value is -2.27. The molecule has 0 bridgehead atoms. The van der Waals surface area contributed by atoms with E-state index in [0.717, 1.165) is 5.69 Å². The van der Waals surface area contributed by atoms with Gasteiger partial charge in [0.2, 0.25) is 0 Å². The fourth-order valence-corrected chi connectivity index (χ4v) is 1.76. The van der Waals surface area contributed by atoms with Crippen LogP contribution in [0, 0.1) is 13.8 Å². The second kappa shape index (κ2) is 6.25. The minimum absolute atomic E-state index is 0.150. The number of anilines is 1. The molecule has 1 aromatic heterocycles. The maximum absolute atomic E-state index is 9.82. The first-order chi connectivity index (χ1) is 9.56. The van der Waals surface area contributed by atoms with Crippen molar-refractivity contribution in [2.75, 3.05) is 11.9 Å². The smallest absolute Gasteiger partial charge is 0.193 e. The van der Waals surface area contributed by atoms with Gasteiger partial charge in [-0.15, -0.1) is 0 Å². The molecule has 1 atom stereocenters. The number of aliphatic imine (C=N–C) groups is 1. The second-order valence-corrected chi connectivity index (χ2v) is 4.68. The summed E-state index contributed by atoms with van der Waals surface area (Å²) in [6.45, 7) is 4.24. The van der Waals surface area contributed by atoms with Gasteiger partial charge < -0.3 is 20.6 Å². The number of aliphatic hydroxyl groups is 1. The van der Waals surface area contributed by atoms with E-state index in [1.807, 2.05) is 25.1 Å². The van der Waals surface area contributed by atoms with Gasteiger partial charge in [-0.05, 0) is 49.2 Å². The predicted molar refractivity (Wildman–Crippen MR) is 79.7 cm³/mol. The van der Waals surface area contributed by atoms with Gasteiger partial charge in [-0.25, -0.2) is 4.99 Å². The topological polar surface area (TPSA) is 83.8 Å². The second-order valence-electron chi connectivity index (χ2n) is 4.68. The highest BCUT2D eigenvalue weighted by Crippen LogP contribution is 2.15. The molecule has 1 unspecified atom stereocenters. The zero-order valence-corrected chi connectivity index (χ0v) is 11.6. The first-order valence-corrected chi connectivity index (χ1v) is 6.42. The first-order valence-electron chi connectivity index (χ1n) is 6.42. The summed E-state index contributed by atoms with van der Waals surface area (Å²) in [5.41, 5.74) is 9.07. The Bertz CT molecular complexity index is 591. The Morgan fingerprint density at radius 3 is 2.80 bits per heavy atom. The lowest BCUT2D eigenvalue weighted by atomic mass is 10.1. The minimum Gasteiger partial charge on any atom is -0.467 e. The molecule has 5 heteroatoms. The van der Waals surface area contributed by atoms with E-state index in [-0.39, 0.29) is 12.5 Å². The highest BCUT2D eigenvalue weighted by Gasteiger charge is 2.09. The maximum atomic E-state index is 9.82. The molecule has 0 aliphatic heterocycles. The normalized spacial score (nSPS) is 13.2. The third-order valence-electron chi connectivity index (χ3n) is 3.09. The number of hydrogen-bond donors (Lipinski definition) is 3. The summed E-state index contributed by atoms with van der Waals surface area (Å²) in [6, 6.07) is 9.38. The van der Waals surface area contributed by atoms with Crippen LogP contribution in [0.25, 0.3) is 0 Å². The number of guanidine groups is 1. The van der Waals surface area contributed by atoms with Crippen molar-refractivity contribution < 1.29 is 9.52 Å². The minimum atomic E-state index is -0.787. The number of benzene rings is 1. The first kappa shape index (κ1) is 14.1. The van der Waals surface area contributed by atoms with E-state index >= 15 is 0 Å². The summed E-state index contributed by atoms with van der Waals surface area (Å²) < 4.78 is 5.09. The van der Waals surface area contributed by atoms with E-state index in [4.69, 9.17) is 10.2 Å². The van der Waals surface area contributed by atoms with Crippen LogP contribution in [0.1, 0.15) is 23.0 Å². The van der Waals surface area contributed by atoms with Crippen molar-refractivity contribution in [1.29, 1.82) is 0 Å². The average Bonchev–Trinajstić information content (AvgIpc) is 2.94. The molecule has 0 radical (unpaired) electrons.